The minimum Gasteiger partial charge on any atom is -0.468 e. The number of rotatable bonds is 4. The highest BCUT2D eigenvalue weighted by Gasteiger charge is 1.95. The van der Waals surface area contributed by atoms with Crippen LogP contribution in [0.1, 0.15) is 20.3 Å². The Bertz CT molecular complexity index is 71.7. The molecule has 10 heavy (non-hydrogen) atoms. The van der Waals surface area contributed by atoms with Gasteiger partial charge < -0.3 is 4.74 Å². The average molecular weight is 144 g/mol. The molecular weight excluding hydrogens is 128 g/mol. The summed E-state index contributed by atoms with van der Waals surface area (Å²) in [4.78, 5) is 9.60. The monoisotopic (exact) mass is 144 g/mol. The molecule has 0 fully saturated rings. The van der Waals surface area contributed by atoms with Crippen molar-refractivity contribution in [2.24, 2.45) is 5.92 Å². The summed E-state index contributed by atoms with van der Waals surface area (Å²) in [5.74, 6) is 0.500. The second kappa shape index (κ2) is 11.1. The fourth-order valence-corrected chi connectivity index (χ4v) is 0.321. The van der Waals surface area contributed by atoms with Crippen LogP contribution in [0.5, 0.6) is 0 Å². The Morgan fingerprint density at radius 3 is 2.40 bits per heavy atom. The summed E-state index contributed by atoms with van der Waals surface area (Å²) in [7, 11) is 0. The summed E-state index contributed by atoms with van der Waals surface area (Å²) in [5.41, 5.74) is 0. The molecule has 0 spiro atoms. The number of carbonyl (C=O) groups is 1. The van der Waals surface area contributed by atoms with Crippen LogP contribution in [0.2, 0.25) is 0 Å². The molecule has 0 radical (unpaired) electrons. The highest BCUT2D eigenvalue weighted by molar-refractivity contribution is 5.36. The Morgan fingerprint density at radius 1 is 1.60 bits per heavy atom. The molecule has 0 heterocycles. The SMILES string of the molecule is C=C.CCC(C)COC=O. The first-order valence-electron chi connectivity index (χ1n) is 3.36. The van der Waals surface area contributed by atoms with Gasteiger partial charge in [-0.25, -0.2) is 0 Å². The van der Waals surface area contributed by atoms with Crippen LogP contribution < -0.4 is 0 Å². The molecule has 1 unspecified atom stereocenters. The van der Waals surface area contributed by atoms with Crippen LogP contribution in [0.4, 0.5) is 0 Å². The Hall–Kier alpha value is -0.790. The first-order chi connectivity index (χ1) is 4.81. The molecule has 0 rings (SSSR count). The van der Waals surface area contributed by atoms with Gasteiger partial charge in [-0.2, -0.15) is 0 Å². The van der Waals surface area contributed by atoms with Crippen molar-refractivity contribution in [2.45, 2.75) is 20.3 Å². The van der Waals surface area contributed by atoms with Gasteiger partial charge in [-0.15, -0.1) is 13.2 Å². The molecule has 0 saturated heterocycles. The molecule has 1 atom stereocenters. The molecule has 0 aliphatic heterocycles. The minimum atomic E-state index is 0.492. The molecule has 0 aromatic carbocycles. The summed E-state index contributed by atoms with van der Waals surface area (Å²) < 4.78 is 4.51. The number of hydrogen-bond acceptors (Lipinski definition) is 2. The van der Waals surface area contributed by atoms with Crippen molar-refractivity contribution in [3.05, 3.63) is 13.2 Å². The summed E-state index contributed by atoms with van der Waals surface area (Å²) >= 11 is 0. The highest BCUT2D eigenvalue weighted by Crippen LogP contribution is 1.98. The van der Waals surface area contributed by atoms with Crippen molar-refractivity contribution < 1.29 is 9.53 Å². The third-order valence-corrected chi connectivity index (χ3v) is 1.15. The first-order valence-corrected chi connectivity index (χ1v) is 3.36. The van der Waals surface area contributed by atoms with Crippen LogP contribution in [-0.4, -0.2) is 13.1 Å². The van der Waals surface area contributed by atoms with Gasteiger partial charge >= 0.3 is 0 Å². The van der Waals surface area contributed by atoms with E-state index in [1.165, 1.54) is 0 Å². The van der Waals surface area contributed by atoms with Gasteiger partial charge in [-0.3, -0.25) is 4.79 Å². The van der Waals surface area contributed by atoms with Crippen molar-refractivity contribution in [1.82, 2.24) is 0 Å². The normalized spacial score (nSPS) is 10.6. The van der Waals surface area contributed by atoms with Crippen molar-refractivity contribution in [2.75, 3.05) is 6.61 Å². The molecule has 0 aliphatic rings. The molecule has 60 valence electrons. The largest absolute Gasteiger partial charge is 0.468 e. The molecule has 0 aliphatic carbocycles. The van der Waals surface area contributed by atoms with Gasteiger partial charge in [0.15, 0.2) is 0 Å². The van der Waals surface area contributed by atoms with E-state index in [-0.39, 0.29) is 0 Å². The lowest BCUT2D eigenvalue weighted by Crippen LogP contribution is -2.02. The fourth-order valence-electron chi connectivity index (χ4n) is 0.321. The smallest absolute Gasteiger partial charge is 0.293 e. The standard InChI is InChI=1S/C6H12O2.C2H4/c1-3-6(2)4-8-5-7;1-2/h5-6H,3-4H2,1-2H3;1-2H2. The van der Waals surface area contributed by atoms with E-state index in [1.54, 1.807) is 0 Å². The van der Waals surface area contributed by atoms with E-state index in [9.17, 15) is 4.79 Å². The minimum absolute atomic E-state index is 0.492. The van der Waals surface area contributed by atoms with Gasteiger partial charge in [0, 0.05) is 0 Å². The predicted octanol–water partition coefficient (Wildman–Crippen LogP) is 2.01. The predicted molar refractivity (Wildman–Crippen MR) is 42.7 cm³/mol. The van der Waals surface area contributed by atoms with Crippen LogP contribution in [0, 0.1) is 5.92 Å². The van der Waals surface area contributed by atoms with Gasteiger partial charge in [0.1, 0.15) is 0 Å². The van der Waals surface area contributed by atoms with E-state index in [2.05, 4.69) is 24.8 Å². The van der Waals surface area contributed by atoms with Crippen molar-refractivity contribution in [3.63, 3.8) is 0 Å². The lowest BCUT2D eigenvalue weighted by Gasteiger charge is -2.03. The van der Waals surface area contributed by atoms with Crippen molar-refractivity contribution in [1.29, 1.82) is 0 Å². The lowest BCUT2D eigenvalue weighted by atomic mass is 10.1. The molecule has 0 aromatic heterocycles. The second-order valence-corrected chi connectivity index (χ2v) is 1.94. The number of ether oxygens (including phenoxy) is 1. The van der Waals surface area contributed by atoms with Crippen molar-refractivity contribution >= 4 is 6.47 Å². The first kappa shape index (κ1) is 11.9. The third kappa shape index (κ3) is 10.2. The Labute approximate surface area is 62.9 Å². The number of carbonyl (C=O) groups excluding carboxylic acids is 1. The summed E-state index contributed by atoms with van der Waals surface area (Å²) in [6.45, 7) is 11.2. The van der Waals surface area contributed by atoms with Gasteiger partial charge in [-0.05, 0) is 5.92 Å². The van der Waals surface area contributed by atoms with Crippen LogP contribution >= 0.6 is 0 Å². The van der Waals surface area contributed by atoms with Gasteiger partial charge in [0.25, 0.3) is 6.47 Å². The van der Waals surface area contributed by atoms with Crippen LogP contribution in [0.3, 0.4) is 0 Å². The Kier molecular flexibility index (Phi) is 13.2. The molecule has 0 amide bonds. The van der Waals surface area contributed by atoms with E-state index < -0.39 is 0 Å². The summed E-state index contributed by atoms with van der Waals surface area (Å²) in [6.07, 6.45) is 1.06. The maximum Gasteiger partial charge on any atom is 0.293 e. The van der Waals surface area contributed by atoms with Gasteiger partial charge in [-0.1, -0.05) is 20.3 Å². The molecule has 2 heteroatoms. The molecule has 0 N–H and O–H groups in total. The fraction of sp³-hybridized carbons (Fsp3) is 0.625. The molecular formula is C8H16O2. The van der Waals surface area contributed by atoms with Crippen LogP contribution in [-0.2, 0) is 9.53 Å². The molecule has 0 aromatic rings. The Morgan fingerprint density at radius 2 is 2.10 bits per heavy atom. The van der Waals surface area contributed by atoms with E-state index in [4.69, 9.17) is 0 Å². The zero-order valence-electron chi connectivity index (χ0n) is 6.80. The maximum absolute atomic E-state index is 9.60. The zero-order valence-corrected chi connectivity index (χ0v) is 6.80. The maximum atomic E-state index is 9.60. The third-order valence-electron chi connectivity index (χ3n) is 1.15. The van der Waals surface area contributed by atoms with Crippen LogP contribution in [0.25, 0.3) is 0 Å². The second-order valence-electron chi connectivity index (χ2n) is 1.94. The molecule has 2 nitrogen and oxygen atoms in total. The summed E-state index contributed by atoms with van der Waals surface area (Å²) in [5, 5.41) is 0. The molecule has 0 saturated carbocycles. The quantitative estimate of drug-likeness (QED) is 0.445. The van der Waals surface area contributed by atoms with E-state index >= 15 is 0 Å². The van der Waals surface area contributed by atoms with Gasteiger partial charge in [0.05, 0.1) is 6.61 Å². The topological polar surface area (TPSA) is 26.3 Å². The van der Waals surface area contributed by atoms with Crippen molar-refractivity contribution in [3.8, 4) is 0 Å². The highest BCUT2D eigenvalue weighted by atomic mass is 16.5. The average Bonchev–Trinajstić information content (AvgIpc) is 2.04. The van der Waals surface area contributed by atoms with E-state index in [0.29, 0.717) is 19.0 Å². The lowest BCUT2D eigenvalue weighted by molar-refractivity contribution is -0.129. The van der Waals surface area contributed by atoms with Crippen LogP contribution in [0.15, 0.2) is 13.2 Å². The zero-order chi connectivity index (χ0) is 8.41. The van der Waals surface area contributed by atoms with E-state index in [0.717, 1.165) is 6.42 Å². The van der Waals surface area contributed by atoms with E-state index in [1.807, 2.05) is 6.92 Å². The Balaban J connectivity index is 0. The number of hydrogen-bond donors (Lipinski definition) is 0. The van der Waals surface area contributed by atoms with Gasteiger partial charge in [0.2, 0.25) is 0 Å². The molecule has 0 bridgehead atoms. The summed E-state index contributed by atoms with van der Waals surface area (Å²) in [6, 6.07) is 0.